The molecule has 4 heteroatoms. The molecule has 0 spiro atoms. The van der Waals surface area contributed by atoms with Crippen LogP contribution in [0.2, 0.25) is 0 Å². The lowest BCUT2D eigenvalue weighted by molar-refractivity contribution is 0.383. The zero-order valence-corrected chi connectivity index (χ0v) is 7.11. The predicted octanol–water partition coefficient (Wildman–Crippen LogP) is 1.17. The SMILES string of the molecule is COc1cc(O)c(O)cc1CC#N. The van der Waals surface area contributed by atoms with Crippen LogP contribution in [-0.4, -0.2) is 17.3 Å². The van der Waals surface area contributed by atoms with Gasteiger partial charge in [-0.15, -0.1) is 0 Å². The highest BCUT2D eigenvalue weighted by Crippen LogP contribution is 2.32. The number of aromatic hydroxyl groups is 2. The Labute approximate surface area is 75.6 Å². The van der Waals surface area contributed by atoms with Gasteiger partial charge in [-0.3, -0.25) is 0 Å². The molecule has 0 aliphatic carbocycles. The number of methoxy groups -OCH3 is 1. The van der Waals surface area contributed by atoms with Crippen molar-refractivity contribution in [2.75, 3.05) is 7.11 Å². The van der Waals surface area contributed by atoms with E-state index in [0.29, 0.717) is 11.3 Å². The van der Waals surface area contributed by atoms with Gasteiger partial charge in [0.05, 0.1) is 19.6 Å². The summed E-state index contributed by atoms with van der Waals surface area (Å²) in [7, 11) is 1.44. The molecule has 1 rings (SSSR count). The van der Waals surface area contributed by atoms with Crippen molar-refractivity contribution in [3.05, 3.63) is 17.7 Å². The average molecular weight is 179 g/mol. The van der Waals surface area contributed by atoms with Crippen molar-refractivity contribution in [3.8, 4) is 23.3 Å². The molecule has 0 atom stereocenters. The number of ether oxygens (including phenoxy) is 1. The molecule has 0 aromatic heterocycles. The summed E-state index contributed by atoms with van der Waals surface area (Å²) in [4.78, 5) is 0. The maximum atomic E-state index is 9.13. The number of benzene rings is 1. The average Bonchev–Trinajstić information content (AvgIpc) is 2.11. The number of phenolic OH excluding ortho intramolecular Hbond substituents is 2. The van der Waals surface area contributed by atoms with E-state index in [9.17, 15) is 0 Å². The summed E-state index contributed by atoms with van der Waals surface area (Å²) in [6.07, 6.45) is 0.136. The second-order valence-corrected chi connectivity index (χ2v) is 2.49. The number of rotatable bonds is 2. The van der Waals surface area contributed by atoms with E-state index in [4.69, 9.17) is 20.2 Å². The maximum absolute atomic E-state index is 9.13. The third kappa shape index (κ3) is 1.82. The van der Waals surface area contributed by atoms with Crippen LogP contribution in [0.3, 0.4) is 0 Å². The summed E-state index contributed by atoms with van der Waals surface area (Å²) < 4.78 is 4.91. The summed E-state index contributed by atoms with van der Waals surface area (Å²) in [6.45, 7) is 0. The fourth-order valence-corrected chi connectivity index (χ4v) is 1.01. The Morgan fingerprint density at radius 1 is 1.38 bits per heavy atom. The molecule has 0 heterocycles. The Morgan fingerprint density at radius 2 is 2.00 bits per heavy atom. The first kappa shape index (κ1) is 9.20. The van der Waals surface area contributed by atoms with Crippen LogP contribution < -0.4 is 4.74 Å². The molecule has 0 aliphatic rings. The van der Waals surface area contributed by atoms with Crippen LogP contribution in [0.25, 0.3) is 0 Å². The highest BCUT2D eigenvalue weighted by Gasteiger charge is 2.08. The van der Waals surface area contributed by atoms with Gasteiger partial charge in [-0.2, -0.15) is 5.26 Å². The second-order valence-electron chi connectivity index (χ2n) is 2.49. The van der Waals surface area contributed by atoms with Crippen molar-refractivity contribution in [2.45, 2.75) is 6.42 Å². The monoisotopic (exact) mass is 179 g/mol. The standard InChI is InChI=1S/C9H9NO3/c1-13-9-5-8(12)7(11)4-6(9)2-3-10/h4-5,11-12H,2H2,1H3. The van der Waals surface area contributed by atoms with Crippen LogP contribution in [-0.2, 0) is 6.42 Å². The van der Waals surface area contributed by atoms with E-state index >= 15 is 0 Å². The normalized spacial score (nSPS) is 9.23. The van der Waals surface area contributed by atoms with E-state index in [-0.39, 0.29) is 17.9 Å². The number of nitriles is 1. The van der Waals surface area contributed by atoms with Gasteiger partial charge in [0.2, 0.25) is 0 Å². The van der Waals surface area contributed by atoms with Crippen molar-refractivity contribution in [1.82, 2.24) is 0 Å². The third-order valence-electron chi connectivity index (χ3n) is 1.65. The summed E-state index contributed by atoms with van der Waals surface area (Å²) in [5.41, 5.74) is 0.556. The first-order chi connectivity index (χ1) is 6.19. The molecule has 0 amide bonds. The van der Waals surface area contributed by atoms with Gasteiger partial charge >= 0.3 is 0 Å². The van der Waals surface area contributed by atoms with Gasteiger partial charge in [0.1, 0.15) is 5.75 Å². The Morgan fingerprint density at radius 3 is 2.54 bits per heavy atom. The highest BCUT2D eigenvalue weighted by molar-refractivity contribution is 5.49. The molecule has 13 heavy (non-hydrogen) atoms. The van der Waals surface area contributed by atoms with Crippen molar-refractivity contribution in [1.29, 1.82) is 5.26 Å². The quantitative estimate of drug-likeness (QED) is 0.668. The maximum Gasteiger partial charge on any atom is 0.161 e. The zero-order valence-electron chi connectivity index (χ0n) is 7.11. The van der Waals surface area contributed by atoms with E-state index in [1.54, 1.807) is 0 Å². The number of nitrogens with zero attached hydrogens (tertiary/aromatic N) is 1. The molecule has 1 aromatic carbocycles. The molecule has 0 saturated heterocycles. The minimum atomic E-state index is -0.251. The fourth-order valence-electron chi connectivity index (χ4n) is 1.01. The molecule has 0 unspecified atom stereocenters. The highest BCUT2D eigenvalue weighted by atomic mass is 16.5. The lowest BCUT2D eigenvalue weighted by atomic mass is 10.1. The number of hydrogen-bond donors (Lipinski definition) is 2. The topological polar surface area (TPSA) is 73.5 Å². The summed E-state index contributed by atoms with van der Waals surface area (Å²) in [5.74, 6) is -0.0959. The molecule has 0 saturated carbocycles. The van der Waals surface area contributed by atoms with E-state index < -0.39 is 0 Å². The zero-order chi connectivity index (χ0) is 9.84. The van der Waals surface area contributed by atoms with Gasteiger partial charge in [0.25, 0.3) is 0 Å². The molecular weight excluding hydrogens is 170 g/mol. The largest absolute Gasteiger partial charge is 0.504 e. The Kier molecular flexibility index (Phi) is 2.60. The molecule has 0 bridgehead atoms. The van der Waals surface area contributed by atoms with Crippen molar-refractivity contribution < 1.29 is 14.9 Å². The minimum absolute atomic E-state index is 0.136. The number of hydrogen-bond acceptors (Lipinski definition) is 4. The number of phenols is 2. The smallest absolute Gasteiger partial charge is 0.161 e. The van der Waals surface area contributed by atoms with Crippen molar-refractivity contribution >= 4 is 0 Å². The molecule has 1 aromatic rings. The Hall–Kier alpha value is -1.89. The third-order valence-corrected chi connectivity index (χ3v) is 1.65. The first-order valence-corrected chi connectivity index (χ1v) is 3.65. The summed E-state index contributed by atoms with van der Waals surface area (Å²) >= 11 is 0. The summed E-state index contributed by atoms with van der Waals surface area (Å²) in [6, 6.07) is 4.53. The predicted molar refractivity (Wildman–Crippen MR) is 45.6 cm³/mol. The molecule has 2 N–H and O–H groups in total. The van der Waals surface area contributed by atoms with Crippen LogP contribution in [0.1, 0.15) is 5.56 Å². The molecule has 0 radical (unpaired) electrons. The van der Waals surface area contributed by atoms with Gasteiger partial charge in [-0.05, 0) is 6.07 Å². The molecule has 0 fully saturated rings. The van der Waals surface area contributed by atoms with Gasteiger partial charge in [0, 0.05) is 11.6 Å². The molecular formula is C9H9NO3. The van der Waals surface area contributed by atoms with E-state index in [2.05, 4.69) is 0 Å². The van der Waals surface area contributed by atoms with E-state index in [1.165, 1.54) is 19.2 Å². The van der Waals surface area contributed by atoms with Crippen LogP contribution in [0.15, 0.2) is 12.1 Å². The molecule has 4 nitrogen and oxygen atoms in total. The van der Waals surface area contributed by atoms with Gasteiger partial charge in [0.15, 0.2) is 11.5 Å². The second kappa shape index (κ2) is 3.68. The molecule has 68 valence electrons. The Bertz CT molecular complexity index is 355. The van der Waals surface area contributed by atoms with Crippen molar-refractivity contribution in [2.24, 2.45) is 0 Å². The summed E-state index contributed by atoms with van der Waals surface area (Å²) in [5, 5.41) is 26.7. The van der Waals surface area contributed by atoms with Crippen LogP contribution in [0.5, 0.6) is 17.2 Å². The van der Waals surface area contributed by atoms with Gasteiger partial charge in [-0.25, -0.2) is 0 Å². The van der Waals surface area contributed by atoms with Crippen molar-refractivity contribution in [3.63, 3.8) is 0 Å². The Balaban J connectivity index is 3.18. The van der Waals surface area contributed by atoms with Crippen LogP contribution >= 0.6 is 0 Å². The fraction of sp³-hybridized carbons (Fsp3) is 0.222. The van der Waals surface area contributed by atoms with E-state index in [1.807, 2.05) is 6.07 Å². The van der Waals surface area contributed by atoms with E-state index in [0.717, 1.165) is 0 Å². The minimum Gasteiger partial charge on any atom is -0.504 e. The lowest BCUT2D eigenvalue weighted by Gasteiger charge is -2.06. The van der Waals surface area contributed by atoms with Crippen LogP contribution in [0.4, 0.5) is 0 Å². The lowest BCUT2D eigenvalue weighted by Crippen LogP contribution is -1.90. The van der Waals surface area contributed by atoms with Gasteiger partial charge < -0.3 is 14.9 Å². The van der Waals surface area contributed by atoms with Gasteiger partial charge in [-0.1, -0.05) is 0 Å². The first-order valence-electron chi connectivity index (χ1n) is 3.65. The molecule has 0 aliphatic heterocycles. The van der Waals surface area contributed by atoms with Crippen LogP contribution in [0, 0.1) is 11.3 Å².